The van der Waals surface area contributed by atoms with Gasteiger partial charge in [-0.25, -0.2) is 4.98 Å². The number of aliphatic hydroxyl groups excluding tert-OH is 1. The van der Waals surface area contributed by atoms with E-state index in [1.54, 1.807) is 60.0 Å². The molecule has 0 saturated carbocycles. The number of rotatable bonds is 9. The summed E-state index contributed by atoms with van der Waals surface area (Å²) in [6.07, 6.45) is 2.55. The van der Waals surface area contributed by atoms with Crippen LogP contribution in [0.1, 0.15) is 41.9 Å². The largest absolute Gasteiger partial charge is 0.505 e. The minimum atomic E-state index is -0.995. The molecule has 3 aromatic heterocycles. The molecule has 5 aromatic rings. The number of halogens is 2. The predicted molar refractivity (Wildman–Crippen MR) is 173 cm³/mol. The Morgan fingerprint density at radius 1 is 1.09 bits per heavy atom. The number of aromatic nitrogens is 4. The highest BCUT2D eigenvalue weighted by Crippen LogP contribution is 2.45. The fraction of sp³-hybridized carbons (Fsp3) is 0.194. The number of amides is 1. The Kier molecular flexibility index (Phi) is 8.64. The van der Waals surface area contributed by atoms with Crippen LogP contribution in [0.3, 0.4) is 0 Å². The van der Waals surface area contributed by atoms with Crippen LogP contribution >= 0.6 is 46.3 Å². The Bertz CT molecular complexity index is 1940. The van der Waals surface area contributed by atoms with Crippen LogP contribution in [-0.4, -0.2) is 43.0 Å². The Morgan fingerprint density at radius 2 is 1.93 bits per heavy atom. The second-order valence-electron chi connectivity index (χ2n) is 9.94. The molecule has 1 unspecified atom stereocenters. The van der Waals surface area contributed by atoms with Gasteiger partial charge >= 0.3 is 5.91 Å². The summed E-state index contributed by atoms with van der Waals surface area (Å²) in [5, 5.41) is 21.6. The van der Waals surface area contributed by atoms with Crippen LogP contribution in [0.2, 0.25) is 10.0 Å². The number of imidazole rings is 1. The fourth-order valence-corrected chi connectivity index (χ4v) is 7.43. The van der Waals surface area contributed by atoms with Crippen molar-refractivity contribution in [1.82, 2.24) is 19.6 Å². The number of benzene rings is 2. The highest BCUT2D eigenvalue weighted by Gasteiger charge is 2.49. The summed E-state index contributed by atoms with van der Waals surface area (Å²) in [4.78, 5) is 33.3. The molecule has 0 spiro atoms. The van der Waals surface area contributed by atoms with E-state index in [2.05, 4.69) is 15.2 Å². The molecule has 6 rings (SSSR count). The van der Waals surface area contributed by atoms with Crippen LogP contribution in [0.15, 0.2) is 76.8 Å². The van der Waals surface area contributed by atoms with Crippen LogP contribution in [0.5, 0.6) is 5.75 Å². The number of aryl methyl sites for hydroxylation is 1. The van der Waals surface area contributed by atoms with E-state index < -0.39 is 17.7 Å². The van der Waals surface area contributed by atoms with Gasteiger partial charge in [0.1, 0.15) is 17.1 Å². The highest BCUT2D eigenvalue weighted by atomic mass is 35.5. The second kappa shape index (κ2) is 12.6. The summed E-state index contributed by atoms with van der Waals surface area (Å²) < 4.78 is 8.13. The van der Waals surface area contributed by atoms with E-state index in [9.17, 15) is 14.7 Å². The number of thioether (sulfide) groups is 1. The number of ether oxygens (including phenoxy) is 1. The van der Waals surface area contributed by atoms with Crippen molar-refractivity contribution in [1.29, 1.82) is 0 Å². The number of aliphatic hydroxyl groups is 1. The number of ketones is 1. The maximum Gasteiger partial charge on any atom is 0.301 e. The molecular formula is C31H25Cl2N5O4S2. The zero-order valence-corrected chi connectivity index (χ0v) is 26.7. The average Bonchev–Trinajstić information content (AvgIpc) is 3.69. The number of pyridine rings is 1. The lowest BCUT2D eigenvalue weighted by molar-refractivity contribution is -0.132. The third kappa shape index (κ3) is 5.68. The molecule has 2 aromatic carbocycles. The normalized spacial score (nSPS) is 16.3. The van der Waals surface area contributed by atoms with Gasteiger partial charge in [0.05, 0.1) is 23.9 Å². The number of Topliss-reactive ketones (excluding diaryl/α,β-unsaturated/α-hetero) is 1. The molecule has 9 nitrogen and oxygen atoms in total. The number of fused-ring (bicyclic) bond motifs is 1. The van der Waals surface area contributed by atoms with Gasteiger partial charge in [0, 0.05) is 22.0 Å². The van der Waals surface area contributed by atoms with Crippen molar-refractivity contribution in [2.75, 3.05) is 11.5 Å². The topological polar surface area (TPSA) is 110 Å². The molecule has 4 heterocycles. The lowest BCUT2D eigenvalue weighted by Gasteiger charge is -2.23. The first-order valence-electron chi connectivity index (χ1n) is 13.6. The number of carbonyl (C=O) groups is 2. The third-order valence-corrected chi connectivity index (χ3v) is 9.68. The van der Waals surface area contributed by atoms with E-state index in [1.807, 2.05) is 25.1 Å². The molecule has 1 fully saturated rings. The number of anilines is 1. The Labute approximate surface area is 271 Å². The van der Waals surface area contributed by atoms with Crippen molar-refractivity contribution < 1.29 is 19.4 Å². The SMILES string of the molecule is CCCOc1cccc(C2C(=C(O)c3c(C)nc4ccccn34)C(=O)C(=O)N2c2nnc(SCc3ccc(Cl)cc3Cl)s2)c1. The van der Waals surface area contributed by atoms with E-state index in [0.717, 1.165) is 12.0 Å². The van der Waals surface area contributed by atoms with E-state index in [-0.39, 0.29) is 16.5 Å². The monoisotopic (exact) mass is 665 g/mol. The Balaban J connectivity index is 1.43. The predicted octanol–water partition coefficient (Wildman–Crippen LogP) is 7.51. The van der Waals surface area contributed by atoms with Gasteiger partial charge in [0.25, 0.3) is 5.78 Å². The summed E-state index contributed by atoms with van der Waals surface area (Å²) in [6.45, 7) is 4.25. The van der Waals surface area contributed by atoms with Crippen LogP contribution in [0.25, 0.3) is 11.4 Å². The third-order valence-electron chi connectivity index (χ3n) is 6.99. The Morgan fingerprint density at radius 3 is 2.73 bits per heavy atom. The standard InChI is InChI=1S/C31H25Cl2N5O4S2/c1-3-13-42-21-8-6-7-18(14-21)26-24(27(39)25-17(2)34-23-9-4-5-12-37(23)25)28(40)29(41)38(26)30-35-36-31(44-30)43-16-19-10-11-20(32)15-22(19)33/h4-12,14-15,26,39H,3,13,16H2,1-2H3. The molecule has 0 radical (unpaired) electrons. The van der Waals surface area contributed by atoms with E-state index in [0.29, 0.717) is 55.1 Å². The Hall–Kier alpha value is -3.90. The van der Waals surface area contributed by atoms with Crippen molar-refractivity contribution >= 4 is 74.5 Å². The molecule has 1 N–H and O–H groups in total. The van der Waals surface area contributed by atoms with Gasteiger partial charge in [-0.2, -0.15) is 0 Å². The molecule has 1 aliphatic heterocycles. The lowest BCUT2D eigenvalue weighted by Crippen LogP contribution is -2.29. The van der Waals surface area contributed by atoms with E-state index in [1.165, 1.54) is 28.0 Å². The van der Waals surface area contributed by atoms with Gasteiger partial charge in [0.2, 0.25) is 5.13 Å². The molecule has 13 heteroatoms. The number of nitrogens with zero attached hydrogens (tertiary/aromatic N) is 5. The van der Waals surface area contributed by atoms with Crippen molar-refractivity contribution in [2.45, 2.75) is 36.4 Å². The van der Waals surface area contributed by atoms with Crippen LogP contribution < -0.4 is 9.64 Å². The maximum absolute atomic E-state index is 13.8. The second-order valence-corrected chi connectivity index (χ2v) is 13.0. The fourth-order valence-electron chi connectivity index (χ4n) is 5.00. The average molecular weight is 667 g/mol. The first kappa shape index (κ1) is 30.1. The van der Waals surface area contributed by atoms with Crippen molar-refractivity contribution in [3.05, 3.63) is 105 Å². The first-order valence-corrected chi connectivity index (χ1v) is 16.2. The number of hydrogen-bond acceptors (Lipinski definition) is 9. The molecule has 0 aliphatic carbocycles. The van der Waals surface area contributed by atoms with Gasteiger partial charge in [0.15, 0.2) is 10.1 Å². The number of hydrogen-bond donors (Lipinski definition) is 1. The highest BCUT2D eigenvalue weighted by molar-refractivity contribution is 8.00. The summed E-state index contributed by atoms with van der Waals surface area (Å²) in [7, 11) is 0. The summed E-state index contributed by atoms with van der Waals surface area (Å²) >= 11 is 14.9. The molecule has 1 aliphatic rings. The molecule has 1 amide bonds. The van der Waals surface area contributed by atoms with Crippen LogP contribution in [0, 0.1) is 6.92 Å². The molecular weight excluding hydrogens is 641 g/mol. The van der Waals surface area contributed by atoms with Gasteiger partial charge in [-0.05, 0) is 60.9 Å². The van der Waals surface area contributed by atoms with Crippen molar-refractivity contribution in [3.8, 4) is 5.75 Å². The quantitative estimate of drug-likeness (QED) is 0.0566. The summed E-state index contributed by atoms with van der Waals surface area (Å²) in [5.74, 6) is -0.916. The molecule has 0 bridgehead atoms. The zero-order chi connectivity index (χ0) is 31.0. The number of carbonyl (C=O) groups excluding carboxylic acids is 2. The van der Waals surface area contributed by atoms with Gasteiger partial charge in [-0.15, -0.1) is 10.2 Å². The summed E-state index contributed by atoms with van der Waals surface area (Å²) in [5.41, 5.74) is 2.80. The van der Waals surface area contributed by atoms with Crippen molar-refractivity contribution in [2.24, 2.45) is 0 Å². The molecule has 1 saturated heterocycles. The maximum atomic E-state index is 13.8. The smallest absolute Gasteiger partial charge is 0.301 e. The molecule has 224 valence electrons. The minimum absolute atomic E-state index is 0.0752. The summed E-state index contributed by atoms with van der Waals surface area (Å²) in [6, 6.07) is 16.9. The van der Waals surface area contributed by atoms with E-state index in [4.69, 9.17) is 27.9 Å². The van der Waals surface area contributed by atoms with Crippen molar-refractivity contribution in [3.63, 3.8) is 0 Å². The molecule has 44 heavy (non-hydrogen) atoms. The lowest BCUT2D eigenvalue weighted by atomic mass is 9.96. The first-order chi connectivity index (χ1) is 21.3. The molecule has 1 atom stereocenters. The van der Waals surface area contributed by atoms with Gasteiger partial charge in [-0.1, -0.05) is 77.5 Å². The van der Waals surface area contributed by atoms with Gasteiger partial charge < -0.3 is 9.84 Å². The van der Waals surface area contributed by atoms with Gasteiger partial charge in [-0.3, -0.25) is 18.9 Å². The van der Waals surface area contributed by atoms with Crippen LogP contribution in [-0.2, 0) is 15.3 Å². The zero-order valence-electron chi connectivity index (χ0n) is 23.5. The van der Waals surface area contributed by atoms with E-state index >= 15 is 0 Å². The van der Waals surface area contributed by atoms with Crippen LogP contribution in [0.4, 0.5) is 5.13 Å². The minimum Gasteiger partial charge on any atom is -0.505 e.